The highest BCUT2D eigenvalue weighted by atomic mass is 14.6. The van der Waals surface area contributed by atoms with E-state index in [1.807, 2.05) is 12.4 Å². The molecular weight excluding hydrogens is 194 g/mol. The van der Waals surface area contributed by atoms with Gasteiger partial charge in [-0.3, -0.25) is 4.98 Å². The molecule has 0 spiro atoms. The average Bonchev–Trinajstić information content (AvgIpc) is 2.29. The van der Waals surface area contributed by atoms with Gasteiger partial charge in [0.2, 0.25) is 0 Å². The van der Waals surface area contributed by atoms with Gasteiger partial charge in [0.05, 0.1) is 0 Å². The first-order valence-electron chi connectivity index (χ1n) is 5.69. The largest absolute Gasteiger partial charge is 0.264 e. The molecule has 1 nitrogen and oxygen atoms in total. The summed E-state index contributed by atoms with van der Waals surface area (Å²) in [6, 6.07) is 10.7. The molecule has 0 aliphatic heterocycles. The third-order valence-electron chi connectivity index (χ3n) is 2.77. The first kappa shape index (κ1) is 10.9. The minimum absolute atomic E-state index is 0.539. The van der Waals surface area contributed by atoms with Crippen molar-refractivity contribution in [1.82, 2.24) is 4.98 Å². The van der Waals surface area contributed by atoms with E-state index in [4.69, 9.17) is 0 Å². The fraction of sp³-hybridized carbons (Fsp3) is 0.267. The topological polar surface area (TPSA) is 12.9 Å². The Morgan fingerprint density at radius 2 is 1.81 bits per heavy atom. The number of nitrogens with zero attached hydrogens (tertiary/aromatic N) is 1. The minimum Gasteiger partial charge on any atom is -0.264 e. The second-order valence-corrected chi connectivity index (χ2v) is 4.49. The van der Waals surface area contributed by atoms with E-state index in [1.54, 1.807) is 0 Å². The molecule has 1 aromatic carbocycles. The molecule has 0 N–H and O–H groups in total. The van der Waals surface area contributed by atoms with E-state index < -0.39 is 0 Å². The molecule has 2 rings (SSSR count). The smallest absolute Gasteiger partial charge is 0.0346 e. The Balaban J connectivity index is 2.55. The Kier molecular flexibility index (Phi) is 3.04. The Morgan fingerprint density at radius 1 is 1.06 bits per heavy atom. The van der Waals surface area contributed by atoms with Gasteiger partial charge in [-0.25, -0.2) is 0 Å². The number of benzene rings is 1. The summed E-state index contributed by atoms with van der Waals surface area (Å²) >= 11 is 0. The van der Waals surface area contributed by atoms with Crippen LogP contribution in [0.25, 0.3) is 11.1 Å². The SMILES string of the molecule is Cc1cncc(-c2ccccc2C(C)C)c1. The Bertz CT molecular complexity index is 486. The standard InChI is InChI=1S/C15H17N/c1-11(2)14-6-4-5-7-15(14)13-8-12(3)9-16-10-13/h4-11H,1-3H3. The second kappa shape index (κ2) is 4.48. The van der Waals surface area contributed by atoms with Crippen LogP contribution < -0.4 is 0 Å². The molecule has 1 heterocycles. The van der Waals surface area contributed by atoms with Crippen molar-refractivity contribution in [2.45, 2.75) is 26.7 Å². The van der Waals surface area contributed by atoms with Crippen LogP contribution in [-0.4, -0.2) is 4.98 Å². The molecule has 0 saturated heterocycles. The highest BCUT2D eigenvalue weighted by Crippen LogP contribution is 2.28. The molecule has 0 aliphatic rings. The summed E-state index contributed by atoms with van der Waals surface area (Å²) in [6.07, 6.45) is 3.83. The molecule has 0 bridgehead atoms. The predicted molar refractivity (Wildman–Crippen MR) is 68.5 cm³/mol. The summed E-state index contributed by atoms with van der Waals surface area (Å²) in [5.41, 5.74) is 5.10. The number of hydrogen-bond acceptors (Lipinski definition) is 1. The number of pyridine rings is 1. The van der Waals surface area contributed by atoms with Crippen molar-refractivity contribution < 1.29 is 0 Å². The zero-order valence-electron chi connectivity index (χ0n) is 10.1. The van der Waals surface area contributed by atoms with Gasteiger partial charge in [0.15, 0.2) is 0 Å². The predicted octanol–water partition coefficient (Wildman–Crippen LogP) is 4.18. The van der Waals surface area contributed by atoms with Crippen LogP contribution in [0, 0.1) is 6.92 Å². The van der Waals surface area contributed by atoms with E-state index in [0.29, 0.717) is 5.92 Å². The molecule has 0 amide bonds. The second-order valence-electron chi connectivity index (χ2n) is 4.49. The number of aryl methyl sites for hydroxylation is 1. The van der Waals surface area contributed by atoms with Crippen molar-refractivity contribution in [3.05, 3.63) is 53.9 Å². The van der Waals surface area contributed by atoms with Crippen LogP contribution in [-0.2, 0) is 0 Å². The molecule has 0 atom stereocenters. The lowest BCUT2D eigenvalue weighted by molar-refractivity contribution is 0.869. The van der Waals surface area contributed by atoms with Crippen LogP contribution in [0.2, 0.25) is 0 Å². The molecule has 0 radical (unpaired) electrons. The zero-order valence-corrected chi connectivity index (χ0v) is 10.1. The summed E-state index contributed by atoms with van der Waals surface area (Å²) in [4.78, 5) is 4.26. The lowest BCUT2D eigenvalue weighted by Crippen LogP contribution is -1.92. The highest BCUT2D eigenvalue weighted by molar-refractivity contribution is 5.67. The molecule has 0 fully saturated rings. The van der Waals surface area contributed by atoms with Gasteiger partial charge in [-0.05, 0) is 35.6 Å². The number of hydrogen-bond donors (Lipinski definition) is 0. The van der Waals surface area contributed by atoms with Crippen molar-refractivity contribution in [2.24, 2.45) is 0 Å². The maximum atomic E-state index is 4.26. The molecule has 0 aliphatic carbocycles. The lowest BCUT2D eigenvalue weighted by Gasteiger charge is -2.12. The van der Waals surface area contributed by atoms with E-state index in [-0.39, 0.29) is 0 Å². The normalized spacial score (nSPS) is 10.8. The molecule has 1 heteroatoms. The van der Waals surface area contributed by atoms with Crippen molar-refractivity contribution >= 4 is 0 Å². The van der Waals surface area contributed by atoms with Crippen LogP contribution >= 0.6 is 0 Å². The molecular formula is C15H17N. The maximum absolute atomic E-state index is 4.26. The van der Waals surface area contributed by atoms with Crippen molar-refractivity contribution in [1.29, 1.82) is 0 Å². The van der Waals surface area contributed by atoms with E-state index >= 15 is 0 Å². The fourth-order valence-electron chi connectivity index (χ4n) is 1.97. The molecule has 0 unspecified atom stereocenters. The van der Waals surface area contributed by atoms with Gasteiger partial charge in [-0.15, -0.1) is 0 Å². The van der Waals surface area contributed by atoms with Crippen LogP contribution in [0.5, 0.6) is 0 Å². The first-order chi connectivity index (χ1) is 7.68. The Morgan fingerprint density at radius 3 is 2.50 bits per heavy atom. The third-order valence-corrected chi connectivity index (χ3v) is 2.77. The number of aromatic nitrogens is 1. The zero-order chi connectivity index (χ0) is 11.5. The van der Waals surface area contributed by atoms with Gasteiger partial charge < -0.3 is 0 Å². The summed E-state index contributed by atoms with van der Waals surface area (Å²) in [5.74, 6) is 0.539. The third kappa shape index (κ3) is 2.13. The Labute approximate surface area is 97.2 Å². The molecule has 16 heavy (non-hydrogen) atoms. The van der Waals surface area contributed by atoms with Gasteiger partial charge in [0, 0.05) is 18.0 Å². The van der Waals surface area contributed by atoms with Crippen LogP contribution in [0.15, 0.2) is 42.7 Å². The van der Waals surface area contributed by atoms with Gasteiger partial charge in [-0.1, -0.05) is 38.1 Å². The maximum Gasteiger partial charge on any atom is 0.0346 e. The minimum atomic E-state index is 0.539. The van der Waals surface area contributed by atoms with Crippen molar-refractivity contribution in [3.8, 4) is 11.1 Å². The van der Waals surface area contributed by atoms with E-state index in [9.17, 15) is 0 Å². The van der Waals surface area contributed by atoms with Crippen molar-refractivity contribution in [2.75, 3.05) is 0 Å². The van der Waals surface area contributed by atoms with Crippen LogP contribution in [0.1, 0.15) is 30.9 Å². The summed E-state index contributed by atoms with van der Waals surface area (Å²) < 4.78 is 0. The molecule has 1 aromatic heterocycles. The fourth-order valence-corrected chi connectivity index (χ4v) is 1.97. The number of rotatable bonds is 2. The van der Waals surface area contributed by atoms with E-state index in [2.05, 4.69) is 56.1 Å². The van der Waals surface area contributed by atoms with Gasteiger partial charge in [0.1, 0.15) is 0 Å². The van der Waals surface area contributed by atoms with Gasteiger partial charge in [0.25, 0.3) is 0 Å². The quantitative estimate of drug-likeness (QED) is 0.726. The van der Waals surface area contributed by atoms with Gasteiger partial charge >= 0.3 is 0 Å². The molecule has 0 saturated carbocycles. The van der Waals surface area contributed by atoms with Gasteiger partial charge in [-0.2, -0.15) is 0 Å². The lowest BCUT2D eigenvalue weighted by atomic mass is 9.93. The van der Waals surface area contributed by atoms with Crippen LogP contribution in [0.3, 0.4) is 0 Å². The van der Waals surface area contributed by atoms with Crippen molar-refractivity contribution in [3.63, 3.8) is 0 Å². The summed E-state index contributed by atoms with van der Waals surface area (Å²) in [5, 5.41) is 0. The molecule has 82 valence electrons. The first-order valence-corrected chi connectivity index (χ1v) is 5.69. The summed E-state index contributed by atoms with van der Waals surface area (Å²) in [6.45, 7) is 6.53. The molecule has 2 aromatic rings. The average molecular weight is 211 g/mol. The van der Waals surface area contributed by atoms with E-state index in [1.165, 1.54) is 22.3 Å². The highest BCUT2D eigenvalue weighted by Gasteiger charge is 2.07. The Hall–Kier alpha value is -1.63. The summed E-state index contributed by atoms with van der Waals surface area (Å²) in [7, 11) is 0. The monoisotopic (exact) mass is 211 g/mol. The van der Waals surface area contributed by atoms with Crippen LogP contribution in [0.4, 0.5) is 0 Å². The van der Waals surface area contributed by atoms with E-state index in [0.717, 1.165) is 0 Å².